The lowest BCUT2D eigenvalue weighted by molar-refractivity contribution is -0.198. The molecule has 2 aromatic carbocycles. The molecule has 4 aromatic rings. The number of aryl methyl sites for hydroxylation is 2. The standard InChI is InChI=1S/C32H36F3N7O3/c1-4-44-29(43)24-17-31(18-37-24)11-13-42(14-12-31)26-16-27(39-30(36)38-26)45-28(32(33,34)35)21-7-5-20(6-8-21)22-9-10-23-19(2)40-41(3)25(23)15-22/h5-10,15-16,24,28,37H,4,11-14,17-18H2,1-3H3,(H2,36,38,39)/t24-,28+/m0/s1. The molecule has 2 atom stereocenters. The normalized spacial score (nSPS) is 18.8. The first-order valence-corrected chi connectivity index (χ1v) is 15.0. The molecule has 2 saturated heterocycles. The van der Waals surface area contributed by atoms with Crippen molar-refractivity contribution in [3.8, 4) is 17.0 Å². The Morgan fingerprint density at radius 2 is 1.82 bits per heavy atom. The van der Waals surface area contributed by atoms with Crippen molar-refractivity contribution in [1.82, 2.24) is 25.1 Å². The van der Waals surface area contributed by atoms with E-state index in [9.17, 15) is 18.0 Å². The van der Waals surface area contributed by atoms with Gasteiger partial charge in [0.2, 0.25) is 17.9 Å². The smallest absolute Gasteiger partial charge is 0.429 e. The minimum absolute atomic E-state index is 0.0538. The summed E-state index contributed by atoms with van der Waals surface area (Å²) in [7, 11) is 1.86. The number of aromatic nitrogens is 4. The number of carbonyl (C=O) groups excluding carboxylic acids is 1. The molecule has 238 valence electrons. The van der Waals surface area contributed by atoms with E-state index in [2.05, 4.69) is 20.4 Å². The van der Waals surface area contributed by atoms with E-state index in [4.69, 9.17) is 15.2 Å². The molecule has 10 nitrogen and oxygen atoms in total. The number of hydrogen-bond donors (Lipinski definition) is 2. The van der Waals surface area contributed by atoms with Gasteiger partial charge in [0.15, 0.2) is 0 Å². The van der Waals surface area contributed by atoms with Crippen molar-refractivity contribution in [2.24, 2.45) is 12.5 Å². The second kappa shape index (κ2) is 11.8. The van der Waals surface area contributed by atoms with E-state index in [1.165, 1.54) is 18.2 Å². The van der Waals surface area contributed by atoms with Gasteiger partial charge in [0.1, 0.15) is 11.9 Å². The number of fused-ring (bicyclic) bond motifs is 1. The maximum Gasteiger partial charge on any atom is 0.429 e. The first-order valence-electron chi connectivity index (χ1n) is 15.0. The van der Waals surface area contributed by atoms with Gasteiger partial charge in [-0.05, 0) is 55.7 Å². The topological polar surface area (TPSA) is 120 Å². The van der Waals surface area contributed by atoms with E-state index in [1.807, 2.05) is 37.1 Å². The lowest BCUT2D eigenvalue weighted by atomic mass is 9.76. The number of nitrogen functional groups attached to an aromatic ring is 1. The zero-order valence-electron chi connectivity index (χ0n) is 25.4. The molecule has 4 heterocycles. The number of alkyl halides is 3. The fourth-order valence-corrected chi connectivity index (χ4v) is 6.48. The van der Waals surface area contributed by atoms with Gasteiger partial charge < -0.3 is 25.4 Å². The Balaban J connectivity index is 1.17. The van der Waals surface area contributed by atoms with Crippen LogP contribution in [0.4, 0.5) is 24.9 Å². The molecule has 0 amide bonds. The van der Waals surface area contributed by atoms with Crippen LogP contribution in [0.1, 0.15) is 43.5 Å². The monoisotopic (exact) mass is 623 g/mol. The van der Waals surface area contributed by atoms with Crippen LogP contribution in [-0.2, 0) is 16.6 Å². The van der Waals surface area contributed by atoms with Crippen LogP contribution >= 0.6 is 0 Å². The van der Waals surface area contributed by atoms with Crippen molar-refractivity contribution in [3.63, 3.8) is 0 Å². The summed E-state index contributed by atoms with van der Waals surface area (Å²) in [6, 6.07) is 13.1. The molecule has 0 radical (unpaired) electrons. The molecule has 2 aromatic heterocycles. The Labute approximate surface area is 258 Å². The Bertz CT molecular complexity index is 1700. The minimum atomic E-state index is -4.71. The maximum atomic E-state index is 14.3. The molecular formula is C32H36F3N7O3. The number of nitrogens with zero attached hydrogens (tertiary/aromatic N) is 5. The summed E-state index contributed by atoms with van der Waals surface area (Å²) in [5.74, 6) is -0.273. The number of nitrogens with one attached hydrogen (secondary N) is 1. The van der Waals surface area contributed by atoms with Gasteiger partial charge in [-0.25, -0.2) is 0 Å². The predicted molar refractivity (Wildman–Crippen MR) is 164 cm³/mol. The Hall–Kier alpha value is -4.39. The van der Waals surface area contributed by atoms with Gasteiger partial charge in [0.25, 0.3) is 0 Å². The van der Waals surface area contributed by atoms with E-state index in [-0.39, 0.29) is 34.8 Å². The first-order chi connectivity index (χ1) is 21.4. The summed E-state index contributed by atoms with van der Waals surface area (Å²) in [6.45, 7) is 5.95. The van der Waals surface area contributed by atoms with Crippen molar-refractivity contribution < 1.29 is 27.4 Å². The zero-order chi connectivity index (χ0) is 31.9. The number of nitrogens with two attached hydrogens (primary N) is 1. The molecule has 2 aliphatic rings. The molecule has 0 bridgehead atoms. The van der Waals surface area contributed by atoms with Gasteiger partial charge in [0, 0.05) is 43.7 Å². The number of hydrogen-bond acceptors (Lipinski definition) is 9. The Morgan fingerprint density at radius 3 is 2.51 bits per heavy atom. The average molecular weight is 624 g/mol. The second-order valence-electron chi connectivity index (χ2n) is 11.9. The fraction of sp³-hybridized carbons (Fsp3) is 0.438. The summed E-state index contributed by atoms with van der Waals surface area (Å²) in [5, 5.41) is 8.74. The molecule has 2 aliphatic heterocycles. The summed E-state index contributed by atoms with van der Waals surface area (Å²) in [4.78, 5) is 22.4. The van der Waals surface area contributed by atoms with Crippen molar-refractivity contribution in [2.75, 3.05) is 36.9 Å². The third-order valence-corrected chi connectivity index (χ3v) is 8.91. The van der Waals surface area contributed by atoms with Crippen LogP contribution in [0.2, 0.25) is 0 Å². The molecule has 6 rings (SSSR count). The predicted octanol–water partition coefficient (Wildman–Crippen LogP) is 5.11. The number of rotatable bonds is 7. The minimum Gasteiger partial charge on any atom is -0.465 e. The third kappa shape index (κ3) is 6.26. The van der Waals surface area contributed by atoms with Gasteiger partial charge in [0.05, 0.1) is 17.8 Å². The molecule has 0 aliphatic carbocycles. The van der Waals surface area contributed by atoms with Crippen LogP contribution in [0.25, 0.3) is 22.0 Å². The van der Waals surface area contributed by atoms with Crippen LogP contribution in [0.15, 0.2) is 48.5 Å². The summed E-state index contributed by atoms with van der Waals surface area (Å²) in [6.07, 6.45) is -4.73. The number of carbonyl (C=O) groups is 1. The largest absolute Gasteiger partial charge is 0.465 e. The fourth-order valence-electron chi connectivity index (χ4n) is 6.48. The van der Waals surface area contributed by atoms with E-state index < -0.39 is 12.3 Å². The summed E-state index contributed by atoms with van der Waals surface area (Å²) >= 11 is 0. The molecule has 2 fully saturated rings. The van der Waals surface area contributed by atoms with Crippen molar-refractivity contribution in [1.29, 1.82) is 0 Å². The number of esters is 1. The maximum absolute atomic E-state index is 14.3. The average Bonchev–Trinajstić information content (AvgIpc) is 3.55. The lowest BCUT2D eigenvalue weighted by Gasteiger charge is -2.39. The van der Waals surface area contributed by atoms with Crippen LogP contribution in [-0.4, -0.2) is 64.2 Å². The van der Waals surface area contributed by atoms with Crippen molar-refractivity contribution in [3.05, 3.63) is 59.8 Å². The van der Waals surface area contributed by atoms with E-state index >= 15 is 0 Å². The molecule has 0 saturated carbocycles. The Kier molecular flexibility index (Phi) is 8.06. The molecular weight excluding hydrogens is 587 g/mol. The number of halogens is 3. The van der Waals surface area contributed by atoms with Crippen LogP contribution in [0.3, 0.4) is 0 Å². The SMILES string of the molecule is CCOC(=O)[C@@H]1CC2(CCN(c3cc(O[C@H](c4ccc(-c5ccc6c(C)nn(C)c6c5)cc4)C(F)(F)F)nc(N)n3)CC2)CN1. The third-order valence-electron chi connectivity index (χ3n) is 8.91. The van der Waals surface area contributed by atoms with Crippen molar-refractivity contribution in [2.45, 2.75) is 51.4 Å². The summed E-state index contributed by atoms with van der Waals surface area (Å²) < 4.78 is 55.5. The number of benzene rings is 2. The molecule has 1 spiro atoms. The second-order valence-corrected chi connectivity index (χ2v) is 11.9. The van der Waals surface area contributed by atoms with Gasteiger partial charge in [-0.3, -0.25) is 9.48 Å². The number of piperidine rings is 1. The van der Waals surface area contributed by atoms with E-state index in [1.54, 1.807) is 23.7 Å². The first kappa shape index (κ1) is 30.6. The van der Waals surface area contributed by atoms with Crippen LogP contribution < -0.4 is 20.7 Å². The van der Waals surface area contributed by atoms with E-state index in [0.29, 0.717) is 38.5 Å². The molecule has 13 heteroatoms. The van der Waals surface area contributed by atoms with Crippen LogP contribution in [0.5, 0.6) is 5.88 Å². The van der Waals surface area contributed by atoms with Crippen molar-refractivity contribution >= 4 is 28.6 Å². The zero-order valence-corrected chi connectivity index (χ0v) is 25.4. The van der Waals surface area contributed by atoms with Gasteiger partial charge in [-0.1, -0.05) is 36.4 Å². The van der Waals surface area contributed by atoms with Crippen LogP contribution in [0, 0.1) is 12.3 Å². The van der Waals surface area contributed by atoms with Gasteiger partial charge >= 0.3 is 12.1 Å². The highest BCUT2D eigenvalue weighted by Gasteiger charge is 2.45. The lowest BCUT2D eigenvalue weighted by Crippen LogP contribution is -2.41. The quantitative estimate of drug-likeness (QED) is 0.271. The molecule has 45 heavy (non-hydrogen) atoms. The summed E-state index contributed by atoms with van der Waals surface area (Å²) in [5.41, 5.74) is 9.30. The van der Waals surface area contributed by atoms with Gasteiger partial charge in [-0.2, -0.15) is 28.2 Å². The number of anilines is 2. The Morgan fingerprint density at radius 1 is 1.11 bits per heavy atom. The molecule has 3 N–H and O–H groups in total. The number of ether oxygens (including phenoxy) is 2. The highest BCUT2D eigenvalue weighted by atomic mass is 19.4. The highest BCUT2D eigenvalue weighted by Crippen LogP contribution is 2.42. The van der Waals surface area contributed by atoms with Gasteiger partial charge in [-0.15, -0.1) is 0 Å². The highest BCUT2D eigenvalue weighted by molar-refractivity contribution is 5.86. The molecule has 0 unspecified atom stereocenters. The van der Waals surface area contributed by atoms with E-state index in [0.717, 1.165) is 40.6 Å².